The van der Waals surface area contributed by atoms with E-state index in [0.29, 0.717) is 18.1 Å². The molecule has 12 nitrogen and oxygen atoms in total. The van der Waals surface area contributed by atoms with E-state index in [4.69, 9.17) is 18.5 Å². The van der Waals surface area contributed by atoms with Gasteiger partial charge in [0.25, 0.3) is 11.8 Å². The van der Waals surface area contributed by atoms with Crippen LogP contribution in [-0.2, 0) is 31.5 Å². The van der Waals surface area contributed by atoms with Gasteiger partial charge in [0.2, 0.25) is 5.43 Å². The van der Waals surface area contributed by atoms with Crippen LogP contribution in [0.3, 0.4) is 0 Å². The molecule has 3 aromatic rings. The van der Waals surface area contributed by atoms with E-state index in [9.17, 15) is 27.7 Å². The van der Waals surface area contributed by atoms with Crippen molar-refractivity contribution in [2.24, 2.45) is 0 Å². The van der Waals surface area contributed by atoms with Crippen LogP contribution in [0, 0.1) is 11.6 Å². The fraction of sp³-hybridized carbons (Fsp3) is 0.406. The van der Waals surface area contributed by atoms with Gasteiger partial charge in [0.05, 0.1) is 19.4 Å². The lowest BCUT2D eigenvalue weighted by atomic mass is 10.1. The maximum absolute atomic E-state index is 14.3. The average molecular weight is 677 g/mol. The molecule has 15 heteroatoms. The molecule has 0 spiro atoms. The lowest BCUT2D eigenvalue weighted by Crippen LogP contribution is -2.61. The molecule has 2 aromatic carbocycles. The van der Waals surface area contributed by atoms with Gasteiger partial charge in [-0.1, -0.05) is 36.4 Å². The molecule has 254 valence electrons. The molecule has 1 aliphatic rings. The van der Waals surface area contributed by atoms with E-state index in [2.05, 4.69) is 5.32 Å². The summed E-state index contributed by atoms with van der Waals surface area (Å²) < 4.78 is 64.9. The number of aromatic nitrogens is 1. The van der Waals surface area contributed by atoms with E-state index >= 15 is 0 Å². The Morgan fingerprint density at radius 1 is 1.04 bits per heavy atom. The quantitative estimate of drug-likeness (QED) is 0.221. The minimum Gasteiger partial charge on any atom is -0.482 e. The molecule has 0 saturated carbocycles. The second-order valence-corrected chi connectivity index (χ2v) is 12.8. The summed E-state index contributed by atoms with van der Waals surface area (Å²) in [6.07, 6.45) is 0.765. The molecule has 1 N–H and O–H groups in total. The number of carbonyl (C=O) groups excluding carboxylic acids is 2. The summed E-state index contributed by atoms with van der Waals surface area (Å²) in [4.78, 5) is 42.8. The first kappa shape index (κ1) is 35.7. The number of pyridine rings is 1. The number of amides is 2. The minimum absolute atomic E-state index is 0.000905. The van der Waals surface area contributed by atoms with Crippen molar-refractivity contribution in [3.05, 3.63) is 99.0 Å². The fourth-order valence-corrected chi connectivity index (χ4v) is 6.76. The number of ether oxygens (including phenoxy) is 2. The van der Waals surface area contributed by atoms with Crippen LogP contribution in [0.2, 0.25) is 0 Å². The normalized spacial score (nSPS) is 14.7. The van der Waals surface area contributed by atoms with Crippen LogP contribution in [0.4, 0.5) is 8.78 Å². The number of halogens is 2. The van der Waals surface area contributed by atoms with Gasteiger partial charge in [-0.3, -0.25) is 28.6 Å². The first-order valence-corrected chi connectivity index (χ1v) is 16.9. The van der Waals surface area contributed by atoms with Crippen LogP contribution < -0.4 is 20.5 Å². The average Bonchev–Trinajstić information content (AvgIpc) is 3.04. The summed E-state index contributed by atoms with van der Waals surface area (Å²) in [5, 5.41) is 4.18. The molecule has 0 bridgehead atoms. The Bertz CT molecular complexity index is 1660. The van der Waals surface area contributed by atoms with Gasteiger partial charge in [-0.05, 0) is 25.5 Å². The number of carbonyl (C=O) groups is 2. The lowest BCUT2D eigenvalue weighted by Gasteiger charge is -2.45. The summed E-state index contributed by atoms with van der Waals surface area (Å²) in [6.45, 7) is 3.49. The van der Waals surface area contributed by atoms with Crippen LogP contribution in [-0.4, -0.2) is 74.2 Å². The molecular weight excluding hydrogens is 637 g/mol. The van der Waals surface area contributed by atoms with Crippen molar-refractivity contribution >= 4 is 19.4 Å². The van der Waals surface area contributed by atoms with Crippen molar-refractivity contribution < 1.29 is 41.5 Å². The van der Waals surface area contributed by atoms with Crippen LogP contribution >= 0.6 is 7.60 Å². The first-order valence-electron chi connectivity index (χ1n) is 15.1. The van der Waals surface area contributed by atoms with Gasteiger partial charge < -0.3 is 28.7 Å². The van der Waals surface area contributed by atoms with Crippen molar-refractivity contribution in [1.82, 2.24) is 14.9 Å². The number of fused-ring (bicyclic) bond motifs is 1. The second-order valence-electron chi connectivity index (χ2n) is 10.6. The Morgan fingerprint density at radius 2 is 1.74 bits per heavy atom. The third-order valence-electron chi connectivity index (χ3n) is 7.50. The molecule has 0 aliphatic carbocycles. The topological polar surface area (TPSA) is 129 Å². The van der Waals surface area contributed by atoms with Gasteiger partial charge in [-0.2, -0.15) is 0 Å². The number of methoxy groups -OCH3 is 1. The zero-order chi connectivity index (χ0) is 34.1. The lowest BCUT2D eigenvalue weighted by molar-refractivity contribution is 0.0572. The van der Waals surface area contributed by atoms with Gasteiger partial charge in [0.1, 0.15) is 30.0 Å². The third kappa shape index (κ3) is 8.44. The Labute approximate surface area is 271 Å². The zero-order valence-corrected chi connectivity index (χ0v) is 27.6. The molecule has 0 saturated heterocycles. The van der Waals surface area contributed by atoms with E-state index in [1.165, 1.54) is 28.9 Å². The Balaban J connectivity index is 1.82. The minimum atomic E-state index is -3.57. The predicted molar refractivity (Wildman–Crippen MR) is 170 cm³/mol. The summed E-state index contributed by atoms with van der Waals surface area (Å²) in [5.74, 6) is -3.46. The molecule has 1 unspecified atom stereocenters. The summed E-state index contributed by atoms with van der Waals surface area (Å²) in [7, 11) is -0.491. The van der Waals surface area contributed by atoms with E-state index in [0.717, 1.165) is 6.07 Å². The highest BCUT2D eigenvalue weighted by atomic mass is 31.2. The first-order chi connectivity index (χ1) is 22.5. The number of nitrogens with one attached hydrogen (secondary N) is 1. The van der Waals surface area contributed by atoms with E-state index in [1.807, 2.05) is 6.07 Å². The highest BCUT2D eigenvalue weighted by Gasteiger charge is 2.40. The van der Waals surface area contributed by atoms with E-state index < -0.39 is 48.2 Å². The van der Waals surface area contributed by atoms with Crippen molar-refractivity contribution in [2.75, 3.05) is 51.7 Å². The highest BCUT2D eigenvalue weighted by molar-refractivity contribution is 7.53. The van der Waals surface area contributed by atoms with Crippen molar-refractivity contribution in [2.45, 2.75) is 39.6 Å². The number of hydrogen-bond donors (Lipinski definition) is 1. The highest BCUT2D eigenvalue weighted by Crippen LogP contribution is 2.48. The maximum Gasteiger partial charge on any atom is 0.332 e. The predicted octanol–water partition coefficient (Wildman–Crippen LogP) is 4.29. The van der Waals surface area contributed by atoms with Crippen LogP contribution in [0.5, 0.6) is 5.75 Å². The summed E-state index contributed by atoms with van der Waals surface area (Å²) >= 11 is 0. The molecule has 47 heavy (non-hydrogen) atoms. The molecule has 1 aliphatic heterocycles. The molecule has 0 fully saturated rings. The standard InChI is InChI=1S/C32H39F2N4O8P/c1-5-45-47(42,46-6-2)17-15-37-27(14-16-43-4)36(3)32(41)28-30(44-21-22-10-8-7-9-11-22)29(39)25(20-38(28)37)31(40)35-19-23-12-13-24(33)18-26(23)34/h7-13,18,20,27H,5-6,14-17,19,21H2,1-4H3,(H,35,40). The fourth-order valence-electron chi connectivity index (χ4n) is 5.19. The zero-order valence-electron chi connectivity index (χ0n) is 26.7. The molecule has 1 aromatic heterocycles. The third-order valence-corrected chi connectivity index (χ3v) is 9.55. The van der Waals surface area contributed by atoms with Crippen molar-refractivity contribution in [3.8, 4) is 5.75 Å². The van der Waals surface area contributed by atoms with Crippen LogP contribution in [0.1, 0.15) is 52.2 Å². The van der Waals surface area contributed by atoms with Crippen molar-refractivity contribution in [3.63, 3.8) is 0 Å². The molecule has 2 amide bonds. The second kappa shape index (κ2) is 16.1. The Hall–Kier alpha value is -4.10. The Kier molecular flexibility index (Phi) is 12.3. The number of benzene rings is 2. The molecule has 2 heterocycles. The maximum atomic E-state index is 14.3. The largest absolute Gasteiger partial charge is 0.482 e. The molecule has 0 radical (unpaired) electrons. The number of hydrogen-bond acceptors (Lipinski definition) is 9. The van der Waals surface area contributed by atoms with E-state index in [1.54, 1.807) is 50.2 Å². The number of nitrogens with zero attached hydrogens (tertiary/aromatic N) is 3. The van der Waals surface area contributed by atoms with Crippen molar-refractivity contribution in [1.29, 1.82) is 0 Å². The monoisotopic (exact) mass is 676 g/mol. The smallest absolute Gasteiger partial charge is 0.332 e. The van der Waals surface area contributed by atoms with Gasteiger partial charge in [-0.15, -0.1) is 0 Å². The van der Waals surface area contributed by atoms with Crippen LogP contribution in [0.25, 0.3) is 0 Å². The summed E-state index contributed by atoms with van der Waals surface area (Å²) in [5.41, 5.74) is -0.710. The van der Waals surface area contributed by atoms with Gasteiger partial charge in [0, 0.05) is 58.1 Å². The van der Waals surface area contributed by atoms with Gasteiger partial charge in [-0.25, -0.2) is 8.78 Å². The molecule has 4 rings (SSSR count). The summed E-state index contributed by atoms with van der Waals surface area (Å²) in [6, 6.07) is 11.9. The van der Waals surface area contributed by atoms with Gasteiger partial charge in [0.15, 0.2) is 11.4 Å². The Morgan fingerprint density at radius 3 is 2.38 bits per heavy atom. The molecular formula is C32H39F2N4O8P. The van der Waals surface area contributed by atoms with Crippen LogP contribution in [0.15, 0.2) is 59.5 Å². The molecule has 1 atom stereocenters. The SMILES string of the molecule is CCOP(=O)(CCN1C(CCOC)N(C)C(=O)c2c(OCc3ccccc3)c(=O)c(C(=O)NCc3ccc(F)cc3F)cn21)OCC. The van der Waals surface area contributed by atoms with E-state index in [-0.39, 0.29) is 62.7 Å². The number of rotatable bonds is 16. The van der Waals surface area contributed by atoms with Gasteiger partial charge >= 0.3 is 7.60 Å².